The fourth-order valence-corrected chi connectivity index (χ4v) is 3.19. The Hall–Kier alpha value is -2.53. The number of methoxy groups -OCH3 is 1. The van der Waals surface area contributed by atoms with E-state index in [9.17, 15) is 9.59 Å². The van der Waals surface area contributed by atoms with E-state index in [2.05, 4.69) is 5.32 Å². The minimum absolute atomic E-state index is 0.0173. The first kappa shape index (κ1) is 18.3. The molecule has 26 heavy (non-hydrogen) atoms. The summed E-state index contributed by atoms with van der Waals surface area (Å²) in [5, 5.41) is 3.55. The van der Waals surface area contributed by atoms with Gasteiger partial charge in [0.15, 0.2) is 0 Å². The van der Waals surface area contributed by atoms with Gasteiger partial charge in [0.05, 0.1) is 18.7 Å². The second kappa shape index (κ2) is 7.79. The molecule has 2 amide bonds. The number of benzene rings is 2. The molecular formula is C20H21ClN2O3. The van der Waals surface area contributed by atoms with Crippen molar-refractivity contribution in [3.05, 3.63) is 58.6 Å². The van der Waals surface area contributed by atoms with Gasteiger partial charge in [-0.1, -0.05) is 29.8 Å². The van der Waals surface area contributed by atoms with Crippen LogP contribution in [0.4, 0.5) is 5.69 Å². The maximum atomic E-state index is 12.6. The van der Waals surface area contributed by atoms with E-state index >= 15 is 0 Å². The molecule has 1 saturated heterocycles. The number of hydrogen-bond donors (Lipinski definition) is 1. The molecule has 1 atom stereocenters. The van der Waals surface area contributed by atoms with Crippen LogP contribution in [0.1, 0.15) is 17.5 Å². The van der Waals surface area contributed by atoms with Crippen molar-refractivity contribution in [2.45, 2.75) is 19.9 Å². The van der Waals surface area contributed by atoms with Crippen LogP contribution in [0, 0.1) is 12.8 Å². The second-order valence-electron chi connectivity index (χ2n) is 6.49. The molecule has 0 aliphatic carbocycles. The Morgan fingerprint density at radius 3 is 2.69 bits per heavy atom. The summed E-state index contributed by atoms with van der Waals surface area (Å²) >= 11 is 5.89. The first-order valence-electron chi connectivity index (χ1n) is 8.44. The summed E-state index contributed by atoms with van der Waals surface area (Å²) in [7, 11) is 1.56. The van der Waals surface area contributed by atoms with Crippen LogP contribution < -0.4 is 10.1 Å². The molecule has 1 unspecified atom stereocenters. The van der Waals surface area contributed by atoms with Crippen molar-refractivity contribution in [3.8, 4) is 5.75 Å². The zero-order valence-corrected chi connectivity index (χ0v) is 15.5. The van der Waals surface area contributed by atoms with E-state index < -0.39 is 0 Å². The molecule has 0 saturated carbocycles. The van der Waals surface area contributed by atoms with Crippen LogP contribution in [0.25, 0.3) is 0 Å². The number of ether oxygens (including phenoxy) is 1. The minimum Gasteiger partial charge on any atom is -0.495 e. The van der Waals surface area contributed by atoms with Gasteiger partial charge in [0.25, 0.3) is 0 Å². The van der Waals surface area contributed by atoms with Crippen molar-refractivity contribution in [3.63, 3.8) is 0 Å². The molecule has 6 heteroatoms. The number of halogens is 1. The first-order valence-corrected chi connectivity index (χ1v) is 8.82. The molecular weight excluding hydrogens is 352 g/mol. The Morgan fingerprint density at radius 2 is 2.00 bits per heavy atom. The largest absolute Gasteiger partial charge is 0.495 e. The van der Waals surface area contributed by atoms with E-state index in [1.54, 1.807) is 24.1 Å². The fraction of sp³-hybridized carbons (Fsp3) is 0.300. The van der Waals surface area contributed by atoms with Crippen molar-refractivity contribution in [1.29, 1.82) is 0 Å². The summed E-state index contributed by atoms with van der Waals surface area (Å²) < 4.78 is 5.29. The standard InChI is InChI=1S/C20H21ClN2O3/c1-13-3-8-18(26-2)17(9-13)22-20(25)15-10-19(24)23(12-15)11-14-4-6-16(21)7-5-14/h3-9,15H,10-12H2,1-2H3,(H,22,25). The van der Waals surface area contributed by atoms with Gasteiger partial charge in [-0.05, 0) is 42.3 Å². The van der Waals surface area contributed by atoms with Crippen LogP contribution in [-0.2, 0) is 16.1 Å². The number of aryl methyl sites for hydroxylation is 1. The third-order valence-corrected chi connectivity index (χ3v) is 4.74. The molecule has 136 valence electrons. The summed E-state index contributed by atoms with van der Waals surface area (Å²) in [6.07, 6.45) is 0.216. The molecule has 2 aromatic rings. The summed E-state index contributed by atoms with van der Waals surface area (Å²) in [6.45, 7) is 2.83. The Labute approximate surface area is 157 Å². The third-order valence-electron chi connectivity index (χ3n) is 4.48. The molecule has 0 radical (unpaired) electrons. The molecule has 0 bridgehead atoms. The first-order chi connectivity index (χ1) is 12.5. The van der Waals surface area contributed by atoms with Crippen molar-refractivity contribution in [1.82, 2.24) is 4.90 Å². The van der Waals surface area contributed by atoms with E-state index in [0.29, 0.717) is 29.5 Å². The fourth-order valence-electron chi connectivity index (χ4n) is 3.07. The average molecular weight is 373 g/mol. The van der Waals surface area contributed by atoms with Gasteiger partial charge < -0.3 is 15.0 Å². The van der Waals surface area contributed by atoms with E-state index in [1.165, 1.54) is 0 Å². The zero-order valence-electron chi connectivity index (χ0n) is 14.8. The highest BCUT2D eigenvalue weighted by Crippen LogP contribution is 2.28. The average Bonchev–Trinajstić information content (AvgIpc) is 2.98. The molecule has 5 nitrogen and oxygen atoms in total. The van der Waals surface area contributed by atoms with Crippen LogP contribution in [0.3, 0.4) is 0 Å². The lowest BCUT2D eigenvalue weighted by Crippen LogP contribution is -2.28. The van der Waals surface area contributed by atoms with Crippen LogP contribution >= 0.6 is 11.6 Å². The molecule has 0 spiro atoms. The maximum Gasteiger partial charge on any atom is 0.229 e. The van der Waals surface area contributed by atoms with Gasteiger partial charge in [-0.3, -0.25) is 9.59 Å². The van der Waals surface area contributed by atoms with Gasteiger partial charge in [0.1, 0.15) is 5.75 Å². The van der Waals surface area contributed by atoms with E-state index in [-0.39, 0.29) is 24.2 Å². The van der Waals surface area contributed by atoms with Crippen LogP contribution in [0.15, 0.2) is 42.5 Å². The van der Waals surface area contributed by atoms with Crippen LogP contribution in [0.2, 0.25) is 5.02 Å². The Balaban J connectivity index is 1.65. The second-order valence-corrected chi connectivity index (χ2v) is 6.93. The van der Waals surface area contributed by atoms with E-state index in [4.69, 9.17) is 16.3 Å². The topological polar surface area (TPSA) is 58.6 Å². The number of carbonyl (C=O) groups excluding carboxylic acids is 2. The quantitative estimate of drug-likeness (QED) is 0.871. The molecule has 1 aliphatic rings. The van der Waals surface area contributed by atoms with Crippen molar-refractivity contribution < 1.29 is 14.3 Å². The van der Waals surface area contributed by atoms with Crippen molar-refractivity contribution in [2.75, 3.05) is 19.0 Å². The highest BCUT2D eigenvalue weighted by molar-refractivity contribution is 6.30. The normalized spacial score (nSPS) is 16.7. The highest BCUT2D eigenvalue weighted by atomic mass is 35.5. The number of anilines is 1. The van der Waals surface area contributed by atoms with Crippen molar-refractivity contribution in [2.24, 2.45) is 5.92 Å². The summed E-state index contributed by atoms with van der Waals surface area (Å²) in [5.41, 5.74) is 2.64. The van der Waals surface area contributed by atoms with Crippen LogP contribution in [0.5, 0.6) is 5.75 Å². The Kier molecular flexibility index (Phi) is 5.47. The Morgan fingerprint density at radius 1 is 1.27 bits per heavy atom. The predicted octanol–water partition coefficient (Wildman–Crippen LogP) is 3.64. The van der Waals surface area contributed by atoms with Gasteiger partial charge in [-0.2, -0.15) is 0 Å². The highest BCUT2D eigenvalue weighted by Gasteiger charge is 2.34. The van der Waals surface area contributed by atoms with Gasteiger partial charge in [0.2, 0.25) is 11.8 Å². The van der Waals surface area contributed by atoms with Gasteiger partial charge >= 0.3 is 0 Å². The molecule has 0 aromatic heterocycles. The monoisotopic (exact) mass is 372 g/mol. The number of nitrogens with one attached hydrogen (secondary N) is 1. The van der Waals surface area contributed by atoms with Gasteiger partial charge in [0, 0.05) is 24.5 Å². The predicted molar refractivity (Wildman–Crippen MR) is 101 cm³/mol. The lowest BCUT2D eigenvalue weighted by atomic mass is 10.1. The zero-order chi connectivity index (χ0) is 18.7. The Bertz CT molecular complexity index is 820. The number of hydrogen-bond acceptors (Lipinski definition) is 3. The third kappa shape index (κ3) is 4.17. The van der Waals surface area contributed by atoms with E-state index in [1.807, 2.05) is 37.3 Å². The smallest absolute Gasteiger partial charge is 0.229 e. The summed E-state index contributed by atoms with van der Waals surface area (Å²) in [5.74, 6) is 0.0449. The number of nitrogens with zero attached hydrogens (tertiary/aromatic N) is 1. The molecule has 1 fully saturated rings. The van der Waals surface area contributed by atoms with Gasteiger partial charge in [-0.25, -0.2) is 0 Å². The molecule has 1 aliphatic heterocycles. The summed E-state index contributed by atoms with van der Waals surface area (Å²) in [4.78, 5) is 26.6. The molecule has 2 aromatic carbocycles. The van der Waals surface area contributed by atoms with Crippen molar-refractivity contribution >= 4 is 29.1 Å². The van der Waals surface area contributed by atoms with E-state index in [0.717, 1.165) is 11.1 Å². The number of amides is 2. The SMILES string of the molecule is COc1ccc(C)cc1NC(=O)C1CC(=O)N(Cc2ccc(Cl)cc2)C1. The molecule has 1 N–H and O–H groups in total. The lowest BCUT2D eigenvalue weighted by Gasteiger charge is -2.17. The van der Waals surface area contributed by atoms with Gasteiger partial charge in [-0.15, -0.1) is 0 Å². The number of rotatable bonds is 5. The maximum absolute atomic E-state index is 12.6. The molecule has 1 heterocycles. The molecule has 3 rings (SSSR count). The number of likely N-dealkylation sites (tertiary alicyclic amines) is 1. The summed E-state index contributed by atoms with van der Waals surface area (Å²) in [6, 6.07) is 13.0. The minimum atomic E-state index is -0.375. The number of carbonyl (C=O) groups is 2. The van der Waals surface area contributed by atoms with Crippen LogP contribution in [-0.4, -0.2) is 30.4 Å². The lowest BCUT2D eigenvalue weighted by molar-refractivity contribution is -0.128.